The highest BCUT2D eigenvalue weighted by Crippen LogP contribution is 2.23. The van der Waals surface area contributed by atoms with E-state index in [2.05, 4.69) is 47.5 Å². The van der Waals surface area contributed by atoms with Crippen molar-refractivity contribution >= 4 is 22.8 Å². The number of anilines is 1. The zero-order chi connectivity index (χ0) is 18.3. The maximum Gasteiger partial charge on any atom is 0.256 e. The number of nitrogens with one attached hydrogen (secondary N) is 1. The maximum absolute atomic E-state index is 12.4. The minimum Gasteiger partial charge on any atom is -0.360 e. The lowest BCUT2D eigenvalue weighted by Crippen LogP contribution is -2.12. The summed E-state index contributed by atoms with van der Waals surface area (Å²) in [6.07, 6.45) is 1.78. The van der Waals surface area contributed by atoms with Gasteiger partial charge in [-0.25, -0.2) is 4.98 Å². The molecule has 4 aromatic rings. The van der Waals surface area contributed by atoms with Gasteiger partial charge in [-0.3, -0.25) is 9.36 Å². The molecule has 0 unspecified atom stereocenters. The number of nitrogens with zero attached hydrogens (tertiary/aromatic N) is 3. The lowest BCUT2D eigenvalue weighted by Gasteiger charge is -2.09. The Morgan fingerprint density at radius 3 is 2.65 bits per heavy atom. The van der Waals surface area contributed by atoms with Crippen molar-refractivity contribution in [2.45, 2.75) is 20.8 Å². The van der Waals surface area contributed by atoms with Crippen molar-refractivity contribution in [2.75, 3.05) is 5.32 Å². The third-order valence-corrected chi connectivity index (χ3v) is 4.29. The molecule has 2 aromatic carbocycles. The number of hydrogen-bond acceptors (Lipinski definition) is 4. The van der Waals surface area contributed by atoms with Crippen LogP contribution in [0.4, 0.5) is 5.82 Å². The molecule has 6 nitrogen and oxygen atoms in total. The monoisotopic (exact) mass is 346 g/mol. The van der Waals surface area contributed by atoms with Crippen LogP contribution in [0.15, 0.2) is 53.3 Å². The maximum atomic E-state index is 12.4. The van der Waals surface area contributed by atoms with Crippen molar-refractivity contribution < 1.29 is 9.32 Å². The number of carbonyl (C=O) groups is 1. The Kier molecular flexibility index (Phi) is 3.80. The molecule has 4 rings (SSSR count). The van der Waals surface area contributed by atoms with Gasteiger partial charge in [0.05, 0.1) is 16.7 Å². The van der Waals surface area contributed by atoms with Gasteiger partial charge in [-0.2, -0.15) is 0 Å². The molecule has 2 heterocycles. The summed E-state index contributed by atoms with van der Waals surface area (Å²) >= 11 is 0. The molecule has 2 aromatic heterocycles. The van der Waals surface area contributed by atoms with E-state index in [9.17, 15) is 4.79 Å². The van der Waals surface area contributed by atoms with Crippen molar-refractivity contribution in [3.63, 3.8) is 0 Å². The van der Waals surface area contributed by atoms with Crippen LogP contribution >= 0.6 is 0 Å². The van der Waals surface area contributed by atoms with E-state index in [1.54, 1.807) is 31.5 Å². The third-order valence-electron chi connectivity index (χ3n) is 4.29. The Balaban J connectivity index is 1.68. The Bertz CT molecular complexity index is 1120. The number of benzene rings is 2. The Labute approximate surface area is 150 Å². The van der Waals surface area contributed by atoms with Crippen LogP contribution < -0.4 is 5.32 Å². The van der Waals surface area contributed by atoms with E-state index in [0.717, 1.165) is 16.7 Å². The van der Waals surface area contributed by atoms with Gasteiger partial charge in [-0.05, 0) is 50.6 Å². The summed E-state index contributed by atoms with van der Waals surface area (Å²) in [6.45, 7) is 5.92. The number of aryl methyl sites for hydroxylation is 3. The average Bonchev–Trinajstić information content (AvgIpc) is 3.20. The molecule has 0 saturated heterocycles. The normalized spacial score (nSPS) is 11.0. The van der Waals surface area contributed by atoms with Crippen molar-refractivity contribution in [1.82, 2.24) is 14.7 Å². The zero-order valence-corrected chi connectivity index (χ0v) is 14.8. The molecule has 0 bridgehead atoms. The first-order valence-corrected chi connectivity index (χ1v) is 8.31. The molecule has 130 valence electrons. The molecule has 1 amide bonds. The number of hydrogen-bond donors (Lipinski definition) is 1. The van der Waals surface area contributed by atoms with Gasteiger partial charge in [-0.15, -0.1) is 0 Å². The lowest BCUT2D eigenvalue weighted by atomic mass is 10.1. The van der Waals surface area contributed by atoms with Gasteiger partial charge in [0.1, 0.15) is 12.1 Å². The van der Waals surface area contributed by atoms with E-state index < -0.39 is 0 Å². The Morgan fingerprint density at radius 2 is 1.92 bits per heavy atom. The molecule has 1 N–H and O–H groups in total. The molecule has 0 aliphatic heterocycles. The van der Waals surface area contributed by atoms with E-state index in [-0.39, 0.29) is 5.91 Å². The highest BCUT2D eigenvalue weighted by molar-refractivity contribution is 6.05. The topological polar surface area (TPSA) is 73.0 Å². The largest absolute Gasteiger partial charge is 0.360 e. The second-order valence-electron chi connectivity index (χ2n) is 6.38. The van der Waals surface area contributed by atoms with Crippen LogP contribution in [-0.2, 0) is 0 Å². The fraction of sp³-hybridized carbons (Fsp3) is 0.150. The molecule has 0 radical (unpaired) electrons. The van der Waals surface area contributed by atoms with Gasteiger partial charge in [0, 0.05) is 11.6 Å². The minimum absolute atomic E-state index is 0.249. The van der Waals surface area contributed by atoms with E-state index >= 15 is 0 Å². The first kappa shape index (κ1) is 16.1. The highest BCUT2D eigenvalue weighted by atomic mass is 16.5. The van der Waals surface area contributed by atoms with Crippen LogP contribution in [0, 0.1) is 20.8 Å². The number of rotatable bonds is 3. The third kappa shape index (κ3) is 2.86. The summed E-state index contributed by atoms with van der Waals surface area (Å²) in [5.41, 5.74) is 5.70. The van der Waals surface area contributed by atoms with E-state index in [4.69, 9.17) is 4.52 Å². The molecular formula is C20H18N4O2. The fourth-order valence-electron chi connectivity index (χ4n) is 3.04. The Morgan fingerprint density at radius 1 is 1.08 bits per heavy atom. The van der Waals surface area contributed by atoms with E-state index in [1.165, 1.54) is 11.1 Å². The minimum atomic E-state index is -0.249. The molecule has 26 heavy (non-hydrogen) atoms. The molecule has 0 aliphatic rings. The fourth-order valence-corrected chi connectivity index (χ4v) is 3.04. The molecule has 0 aliphatic carbocycles. The summed E-state index contributed by atoms with van der Waals surface area (Å²) in [5, 5.41) is 6.50. The Hall–Kier alpha value is -3.41. The van der Waals surface area contributed by atoms with Crippen LogP contribution in [0.25, 0.3) is 16.7 Å². The summed E-state index contributed by atoms with van der Waals surface area (Å²) in [5.74, 6) is 0.789. The number of carbonyl (C=O) groups excluding carboxylic acids is 1. The summed E-state index contributed by atoms with van der Waals surface area (Å²) < 4.78 is 7.00. The van der Waals surface area contributed by atoms with Crippen LogP contribution in [0.1, 0.15) is 27.2 Å². The summed E-state index contributed by atoms with van der Waals surface area (Å²) in [7, 11) is 0. The molecule has 0 spiro atoms. The van der Waals surface area contributed by atoms with E-state index in [0.29, 0.717) is 17.1 Å². The second-order valence-corrected chi connectivity index (χ2v) is 6.38. The number of aromatic nitrogens is 3. The first-order chi connectivity index (χ1) is 12.5. The molecule has 0 atom stereocenters. The van der Waals surface area contributed by atoms with Crippen molar-refractivity contribution in [3.8, 4) is 5.69 Å². The van der Waals surface area contributed by atoms with Crippen molar-refractivity contribution in [3.05, 3.63) is 71.2 Å². The highest BCUT2D eigenvalue weighted by Gasteiger charge is 2.13. The zero-order valence-electron chi connectivity index (χ0n) is 14.8. The summed E-state index contributed by atoms with van der Waals surface area (Å²) in [6, 6.07) is 13.4. The van der Waals surface area contributed by atoms with Gasteiger partial charge >= 0.3 is 0 Å². The number of imidazole rings is 1. The van der Waals surface area contributed by atoms with Crippen LogP contribution in [0.5, 0.6) is 0 Å². The van der Waals surface area contributed by atoms with Gasteiger partial charge in [-0.1, -0.05) is 22.9 Å². The standard InChI is InChI=1S/C20H18N4O2/c1-12-4-6-17(13(2)8-12)24-11-21-16-10-15(5-7-18(16)24)20(25)22-19-9-14(3)26-23-19/h4-11H,1-3H3,(H,22,23,25). The number of amides is 1. The van der Waals surface area contributed by atoms with Gasteiger partial charge < -0.3 is 9.84 Å². The molecule has 0 saturated carbocycles. The lowest BCUT2D eigenvalue weighted by molar-refractivity contribution is 0.102. The molecule has 6 heteroatoms. The quantitative estimate of drug-likeness (QED) is 0.604. The van der Waals surface area contributed by atoms with Gasteiger partial charge in [0.15, 0.2) is 5.82 Å². The average molecular weight is 346 g/mol. The van der Waals surface area contributed by atoms with Crippen molar-refractivity contribution in [1.29, 1.82) is 0 Å². The predicted molar refractivity (Wildman–Crippen MR) is 99.7 cm³/mol. The summed E-state index contributed by atoms with van der Waals surface area (Å²) in [4.78, 5) is 16.9. The van der Waals surface area contributed by atoms with Crippen LogP contribution in [0.2, 0.25) is 0 Å². The van der Waals surface area contributed by atoms with Gasteiger partial charge in [0.25, 0.3) is 5.91 Å². The van der Waals surface area contributed by atoms with Crippen molar-refractivity contribution in [2.24, 2.45) is 0 Å². The van der Waals surface area contributed by atoms with Crippen LogP contribution in [-0.4, -0.2) is 20.6 Å². The molecule has 0 fully saturated rings. The predicted octanol–water partition coefficient (Wildman–Crippen LogP) is 4.19. The first-order valence-electron chi connectivity index (χ1n) is 8.31. The van der Waals surface area contributed by atoms with Gasteiger partial charge in [0.2, 0.25) is 0 Å². The SMILES string of the molecule is Cc1ccc(-n2cnc3cc(C(=O)Nc4cc(C)on4)ccc32)c(C)c1. The number of fused-ring (bicyclic) bond motifs is 1. The second kappa shape index (κ2) is 6.15. The van der Waals surface area contributed by atoms with Crippen LogP contribution in [0.3, 0.4) is 0 Å². The molecular weight excluding hydrogens is 328 g/mol. The smallest absolute Gasteiger partial charge is 0.256 e. The van der Waals surface area contributed by atoms with E-state index in [1.807, 2.05) is 10.6 Å².